The van der Waals surface area contributed by atoms with Crippen molar-refractivity contribution in [1.29, 1.82) is 0 Å². The van der Waals surface area contributed by atoms with Crippen molar-refractivity contribution in [3.63, 3.8) is 0 Å². The van der Waals surface area contributed by atoms with E-state index in [2.05, 4.69) is 5.32 Å². The maximum Gasteiger partial charge on any atom is 0.261 e. The van der Waals surface area contributed by atoms with Crippen LogP contribution in [-0.4, -0.2) is 23.3 Å². The van der Waals surface area contributed by atoms with Gasteiger partial charge in [-0.25, -0.2) is 0 Å². The molecule has 1 aromatic carbocycles. The Bertz CT molecular complexity index is 646. The second kappa shape index (κ2) is 8.91. The van der Waals surface area contributed by atoms with Crippen LogP contribution in [0.2, 0.25) is 0 Å². The third kappa shape index (κ3) is 4.89. The van der Waals surface area contributed by atoms with Crippen LogP contribution < -0.4 is 10.1 Å². The summed E-state index contributed by atoms with van der Waals surface area (Å²) >= 11 is 12.0. The lowest BCUT2D eigenvalue weighted by molar-refractivity contribution is -0.135. The number of amides is 1. The Labute approximate surface area is 160 Å². The molecule has 0 aromatic heterocycles. The van der Waals surface area contributed by atoms with Crippen molar-refractivity contribution in [1.82, 2.24) is 5.32 Å². The molecule has 0 heterocycles. The number of carbonyl (C=O) groups excluding carboxylic acids is 2. The molecule has 4 nitrogen and oxygen atoms in total. The quantitative estimate of drug-likeness (QED) is 0.674. The molecule has 1 amide bonds. The first kappa shape index (κ1) is 21.8. The van der Waals surface area contributed by atoms with Crippen LogP contribution in [-0.2, 0) is 21.3 Å². The van der Waals surface area contributed by atoms with Gasteiger partial charge in [-0.05, 0) is 50.8 Å². The van der Waals surface area contributed by atoms with E-state index in [1.165, 1.54) is 6.92 Å². The zero-order valence-electron chi connectivity index (χ0n) is 15.7. The van der Waals surface area contributed by atoms with Crippen molar-refractivity contribution in [2.75, 3.05) is 0 Å². The van der Waals surface area contributed by atoms with Crippen LogP contribution in [0.4, 0.5) is 0 Å². The molecule has 1 N–H and O–H groups in total. The van der Waals surface area contributed by atoms with Crippen LogP contribution in [0.3, 0.4) is 0 Å². The lowest BCUT2D eigenvalue weighted by Gasteiger charge is -2.33. The van der Waals surface area contributed by atoms with Crippen LogP contribution in [0, 0.1) is 12.8 Å². The smallest absolute Gasteiger partial charge is 0.261 e. The van der Waals surface area contributed by atoms with E-state index in [4.69, 9.17) is 27.9 Å². The highest BCUT2D eigenvalue weighted by atomic mass is 35.5. The van der Waals surface area contributed by atoms with Gasteiger partial charge < -0.3 is 10.1 Å². The highest BCUT2D eigenvalue weighted by Gasteiger charge is 2.36. The lowest BCUT2D eigenvalue weighted by Crippen LogP contribution is -2.57. The molecular formula is C19H27Cl2NO3. The van der Waals surface area contributed by atoms with E-state index in [1.807, 2.05) is 26.8 Å². The van der Waals surface area contributed by atoms with E-state index in [-0.39, 0.29) is 23.5 Å². The molecule has 0 spiro atoms. The molecule has 0 aliphatic heterocycles. The maximum absolute atomic E-state index is 12.5. The minimum absolute atomic E-state index is 0.0372. The molecule has 0 saturated carbocycles. The van der Waals surface area contributed by atoms with Crippen molar-refractivity contribution in [3.05, 3.63) is 28.8 Å². The van der Waals surface area contributed by atoms with E-state index in [0.717, 1.165) is 16.7 Å². The lowest BCUT2D eigenvalue weighted by atomic mass is 9.84. The summed E-state index contributed by atoms with van der Waals surface area (Å²) < 4.78 is 5.83. The van der Waals surface area contributed by atoms with Crippen LogP contribution in [0.25, 0.3) is 0 Å². The standard InChI is InChI=1S/C19H27Cl2NO3/c1-11(2)19(6,14(5)23)22-18(24)13(4)25-17-8-7-15(9-20)12(3)16(17)10-21/h7-8,11,13H,9-10H2,1-6H3,(H,22,24). The molecule has 1 aromatic rings. The molecule has 0 bridgehead atoms. The van der Waals surface area contributed by atoms with E-state index in [0.29, 0.717) is 11.6 Å². The minimum Gasteiger partial charge on any atom is -0.481 e. The number of nitrogens with one attached hydrogen (secondary N) is 1. The molecule has 0 aliphatic carbocycles. The van der Waals surface area contributed by atoms with Gasteiger partial charge in [-0.15, -0.1) is 23.2 Å². The Balaban J connectivity index is 2.99. The van der Waals surface area contributed by atoms with Crippen molar-refractivity contribution in [2.24, 2.45) is 5.92 Å². The first-order valence-electron chi connectivity index (χ1n) is 8.31. The Morgan fingerprint density at radius 2 is 1.80 bits per heavy atom. The summed E-state index contributed by atoms with van der Waals surface area (Å²) in [5.74, 6) is 0.732. The molecule has 2 unspecified atom stereocenters. The predicted octanol–water partition coefficient (Wildman–Crippen LogP) is 4.36. The second-order valence-electron chi connectivity index (χ2n) is 6.76. The van der Waals surface area contributed by atoms with Gasteiger partial charge in [0.1, 0.15) is 5.75 Å². The zero-order valence-corrected chi connectivity index (χ0v) is 17.2. The van der Waals surface area contributed by atoms with Gasteiger partial charge in [0, 0.05) is 11.4 Å². The Hall–Kier alpha value is -1.26. The first-order valence-corrected chi connectivity index (χ1v) is 9.38. The van der Waals surface area contributed by atoms with Crippen molar-refractivity contribution in [2.45, 2.75) is 64.9 Å². The molecule has 0 fully saturated rings. The number of Topliss-reactive ketones (excluding diaryl/α,β-unsaturated/α-hetero) is 1. The Morgan fingerprint density at radius 1 is 1.20 bits per heavy atom. The SMILES string of the molecule is CC(=O)C(C)(NC(=O)C(C)Oc1ccc(CCl)c(C)c1CCl)C(C)C. The van der Waals surface area contributed by atoms with Gasteiger partial charge in [0.15, 0.2) is 11.9 Å². The van der Waals surface area contributed by atoms with Gasteiger partial charge in [0.2, 0.25) is 0 Å². The fraction of sp³-hybridized carbons (Fsp3) is 0.579. The minimum atomic E-state index is -0.928. The van der Waals surface area contributed by atoms with Crippen LogP contribution in [0.1, 0.15) is 51.3 Å². The number of benzene rings is 1. The van der Waals surface area contributed by atoms with Gasteiger partial charge in [-0.1, -0.05) is 19.9 Å². The molecule has 25 heavy (non-hydrogen) atoms. The van der Waals surface area contributed by atoms with Crippen LogP contribution in [0.5, 0.6) is 5.75 Å². The van der Waals surface area contributed by atoms with Crippen molar-refractivity contribution < 1.29 is 14.3 Å². The first-order chi connectivity index (χ1) is 11.6. The Kier molecular flexibility index (Phi) is 7.76. The highest BCUT2D eigenvalue weighted by Crippen LogP contribution is 2.29. The second-order valence-corrected chi connectivity index (χ2v) is 7.29. The van der Waals surface area contributed by atoms with E-state index < -0.39 is 11.6 Å². The van der Waals surface area contributed by atoms with Gasteiger partial charge >= 0.3 is 0 Å². The van der Waals surface area contributed by atoms with E-state index in [1.54, 1.807) is 19.9 Å². The average molecular weight is 388 g/mol. The van der Waals surface area contributed by atoms with Gasteiger partial charge in [0.25, 0.3) is 5.91 Å². The van der Waals surface area contributed by atoms with E-state index >= 15 is 0 Å². The summed E-state index contributed by atoms with van der Waals surface area (Å²) in [4.78, 5) is 24.5. The third-order valence-corrected chi connectivity index (χ3v) is 5.44. The topological polar surface area (TPSA) is 55.4 Å². The zero-order chi connectivity index (χ0) is 19.4. The fourth-order valence-corrected chi connectivity index (χ4v) is 3.06. The van der Waals surface area contributed by atoms with Crippen molar-refractivity contribution in [3.8, 4) is 5.75 Å². The summed E-state index contributed by atoms with van der Waals surface area (Å²) in [6.45, 7) is 10.6. The highest BCUT2D eigenvalue weighted by molar-refractivity contribution is 6.18. The molecule has 0 saturated heterocycles. The molecule has 0 aliphatic rings. The summed E-state index contributed by atoms with van der Waals surface area (Å²) in [6.07, 6.45) is -0.763. The summed E-state index contributed by atoms with van der Waals surface area (Å²) in [6, 6.07) is 3.64. The van der Waals surface area contributed by atoms with Crippen molar-refractivity contribution >= 4 is 34.9 Å². The molecule has 2 atom stereocenters. The third-order valence-electron chi connectivity index (χ3n) is 4.89. The fourth-order valence-electron chi connectivity index (χ4n) is 2.44. The molecule has 0 radical (unpaired) electrons. The number of rotatable bonds is 8. The van der Waals surface area contributed by atoms with Gasteiger partial charge in [0.05, 0.1) is 11.4 Å². The van der Waals surface area contributed by atoms with Crippen LogP contribution >= 0.6 is 23.2 Å². The molecule has 1 rings (SSSR count). The number of alkyl halides is 2. The van der Waals surface area contributed by atoms with Crippen LogP contribution in [0.15, 0.2) is 12.1 Å². The Morgan fingerprint density at radius 3 is 2.24 bits per heavy atom. The number of hydrogen-bond acceptors (Lipinski definition) is 3. The number of halogens is 2. The summed E-state index contributed by atoms with van der Waals surface area (Å²) in [5, 5.41) is 2.82. The van der Waals surface area contributed by atoms with Gasteiger partial charge in [-0.2, -0.15) is 0 Å². The molecular weight excluding hydrogens is 361 g/mol. The van der Waals surface area contributed by atoms with E-state index in [9.17, 15) is 9.59 Å². The summed E-state index contributed by atoms with van der Waals surface area (Å²) in [5.41, 5.74) is 1.83. The monoisotopic (exact) mass is 387 g/mol. The number of ketones is 1. The predicted molar refractivity (Wildman–Crippen MR) is 102 cm³/mol. The number of hydrogen-bond donors (Lipinski definition) is 1. The average Bonchev–Trinajstić information content (AvgIpc) is 2.54. The normalized spacial score (nSPS) is 14.8. The summed E-state index contributed by atoms with van der Waals surface area (Å²) in [7, 11) is 0. The van der Waals surface area contributed by atoms with Gasteiger partial charge in [-0.3, -0.25) is 9.59 Å². The molecule has 6 heteroatoms. The number of carbonyl (C=O) groups is 2. The maximum atomic E-state index is 12.5. The number of ether oxygens (including phenoxy) is 1. The molecule has 140 valence electrons. The largest absolute Gasteiger partial charge is 0.481 e.